The number of carboxylic acids is 1. The molecule has 1 N–H and O–H groups in total. The highest BCUT2D eigenvalue weighted by molar-refractivity contribution is 9.10. The lowest BCUT2D eigenvalue weighted by Crippen LogP contribution is -2.33. The van der Waals surface area contributed by atoms with Gasteiger partial charge in [-0.1, -0.05) is 34.1 Å². The molecule has 0 saturated carbocycles. The zero-order valence-corrected chi connectivity index (χ0v) is 16.9. The first-order valence-corrected chi connectivity index (χ1v) is 10.2. The quantitative estimate of drug-likeness (QED) is 0.661. The number of hydrogen-bond donors (Lipinski definition) is 1. The van der Waals surface area contributed by atoms with Gasteiger partial charge in [-0.2, -0.15) is 0 Å². The van der Waals surface area contributed by atoms with Crippen LogP contribution in [0.1, 0.15) is 40.2 Å². The van der Waals surface area contributed by atoms with Crippen LogP contribution in [0, 0.1) is 0 Å². The average molecular weight is 441 g/mol. The van der Waals surface area contributed by atoms with E-state index in [4.69, 9.17) is 0 Å². The van der Waals surface area contributed by atoms with Crippen molar-refractivity contribution in [3.63, 3.8) is 0 Å². The summed E-state index contributed by atoms with van der Waals surface area (Å²) in [6.07, 6.45) is 3.77. The van der Waals surface area contributed by atoms with Gasteiger partial charge in [0.1, 0.15) is 5.56 Å². The third-order valence-corrected chi connectivity index (χ3v) is 6.04. The number of carbonyl (C=O) groups is 1. The summed E-state index contributed by atoms with van der Waals surface area (Å²) in [5.41, 5.74) is 2.35. The number of piperidine rings is 1. The molecule has 1 aromatic carbocycles. The minimum absolute atomic E-state index is 0.177. The molecule has 0 aliphatic carbocycles. The molecule has 1 saturated heterocycles. The Bertz CT molecular complexity index is 1070. The molecule has 144 valence electrons. The van der Waals surface area contributed by atoms with Crippen LogP contribution in [0.15, 0.2) is 64.0 Å². The van der Waals surface area contributed by atoms with Crippen molar-refractivity contribution >= 4 is 27.4 Å². The van der Waals surface area contributed by atoms with Gasteiger partial charge in [0.25, 0.3) is 5.56 Å². The second-order valence-electron chi connectivity index (χ2n) is 7.25. The lowest BCUT2D eigenvalue weighted by Gasteiger charge is -2.32. The van der Waals surface area contributed by atoms with Crippen LogP contribution in [-0.2, 0) is 6.54 Å². The second kappa shape index (κ2) is 7.89. The first-order valence-electron chi connectivity index (χ1n) is 9.37. The number of likely N-dealkylation sites (tertiary alicyclic amines) is 1. The van der Waals surface area contributed by atoms with Crippen LogP contribution < -0.4 is 5.56 Å². The van der Waals surface area contributed by atoms with Gasteiger partial charge in [0.2, 0.25) is 0 Å². The summed E-state index contributed by atoms with van der Waals surface area (Å²) in [4.78, 5) is 26.2. The van der Waals surface area contributed by atoms with Gasteiger partial charge in [0, 0.05) is 17.2 Å². The van der Waals surface area contributed by atoms with E-state index in [0.717, 1.165) is 41.5 Å². The maximum atomic E-state index is 12.4. The average Bonchev–Trinajstić information content (AvgIpc) is 2.71. The zero-order chi connectivity index (χ0) is 19.7. The van der Waals surface area contributed by atoms with Gasteiger partial charge in [-0.05, 0) is 73.3 Å². The molecule has 0 atom stereocenters. The molecule has 2 aromatic heterocycles. The van der Waals surface area contributed by atoms with E-state index in [1.54, 1.807) is 18.3 Å². The molecule has 1 aliphatic heterocycles. The van der Waals surface area contributed by atoms with E-state index in [0.29, 0.717) is 12.5 Å². The van der Waals surface area contributed by atoms with Crippen LogP contribution in [0.2, 0.25) is 0 Å². The maximum Gasteiger partial charge on any atom is 0.341 e. The summed E-state index contributed by atoms with van der Waals surface area (Å²) in [6, 6.07) is 15.6. The Morgan fingerprint density at radius 3 is 2.50 bits per heavy atom. The van der Waals surface area contributed by atoms with E-state index in [1.165, 1.54) is 9.96 Å². The summed E-state index contributed by atoms with van der Waals surface area (Å²) in [7, 11) is 0. The number of aromatic nitrogens is 1. The maximum absolute atomic E-state index is 12.4. The molecule has 1 aliphatic rings. The molecule has 3 heterocycles. The van der Waals surface area contributed by atoms with Crippen molar-refractivity contribution in [1.29, 1.82) is 0 Å². The van der Waals surface area contributed by atoms with Crippen LogP contribution in [0.4, 0.5) is 0 Å². The summed E-state index contributed by atoms with van der Waals surface area (Å²) in [6.45, 7) is 2.53. The minimum Gasteiger partial charge on any atom is -0.477 e. The minimum atomic E-state index is -1.18. The van der Waals surface area contributed by atoms with Crippen molar-refractivity contribution in [1.82, 2.24) is 9.30 Å². The molecule has 6 heteroatoms. The van der Waals surface area contributed by atoms with Crippen LogP contribution in [0.25, 0.3) is 5.52 Å². The Kier molecular flexibility index (Phi) is 5.33. The largest absolute Gasteiger partial charge is 0.477 e. The number of pyridine rings is 2. The standard InChI is InChI=1S/C22H21BrN2O3/c23-18-6-4-15(5-7-18)16-8-11-24(12-9-16)14-17-13-19(22(27)28)21(26)25-10-2-1-3-20(17)25/h1-7,10,13,16H,8-9,11-12,14H2,(H,27,28). The number of hydrogen-bond acceptors (Lipinski definition) is 3. The first kappa shape index (κ1) is 18.9. The summed E-state index contributed by atoms with van der Waals surface area (Å²) in [5, 5.41) is 9.41. The van der Waals surface area contributed by atoms with Crippen LogP contribution in [0.3, 0.4) is 0 Å². The number of carboxylic acid groups (broad SMARTS) is 1. The van der Waals surface area contributed by atoms with Crippen molar-refractivity contribution in [2.24, 2.45) is 0 Å². The number of aromatic carboxylic acids is 1. The Labute approximate surface area is 171 Å². The smallest absolute Gasteiger partial charge is 0.341 e. The molecule has 3 aromatic rings. The molecule has 5 nitrogen and oxygen atoms in total. The fourth-order valence-corrected chi connectivity index (χ4v) is 4.27. The van der Waals surface area contributed by atoms with Gasteiger partial charge in [-0.15, -0.1) is 0 Å². The third-order valence-electron chi connectivity index (χ3n) is 5.51. The van der Waals surface area contributed by atoms with Gasteiger partial charge >= 0.3 is 5.97 Å². The number of halogens is 1. The molecular formula is C22H21BrN2O3. The van der Waals surface area contributed by atoms with Crippen LogP contribution in [0.5, 0.6) is 0 Å². The molecule has 0 radical (unpaired) electrons. The monoisotopic (exact) mass is 440 g/mol. The number of nitrogens with zero attached hydrogens (tertiary/aromatic N) is 2. The van der Waals surface area contributed by atoms with E-state index in [1.807, 2.05) is 12.1 Å². The van der Waals surface area contributed by atoms with Crippen molar-refractivity contribution in [3.05, 3.63) is 86.2 Å². The molecule has 1 fully saturated rings. The Morgan fingerprint density at radius 2 is 1.82 bits per heavy atom. The van der Waals surface area contributed by atoms with Crippen molar-refractivity contribution in [2.75, 3.05) is 13.1 Å². The second-order valence-corrected chi connectivity index (χ2v) is 8.17. The predicted molar refractivity (Wildman–Crippen MR) is 112 cm³/mol. The molecular weight excluding hydrogens is 420 g/mol. The van der Waals surface area contributed by atoms with Crippen molar-refractivity contribution in [3.8, 4) is 0 Å². The van der Waals surface area contributed by atoms with E-state index in [2.05, 4.69) is 45.1 Å². The van der Waals surface area contributed by atoms with Gasteiger partial charge in [0.15, 0.2) is 0 Å². The molecule has 0 unspecified atom stereocenters. The van der Waals surface area contributed by atoms with Gasteiger partial charge < -0.3 is 5.11 Å². The molecule has 28 heavy (non-hydrogen) atoms. The topological polar surface area (TPSA) is 62.0 Å². The third kappa shape index (κ3) is 3.75. The van der Waals surface area contributed by atoms with Crippen LogP contribution >= 0.6 is 15.9 Å². The van der Waals surface area contributed by atoms with Gasteiger partial charge in [-0.3, -0.25) is 14.1 Å². The zero-order valence-electron chi connectivity index (χ0n) is 15.3. The van der Waals surface area contributed by atoms with E-state index >= 15 is 0 Å². The molecule has 0 amide bonds. The van der Waals surface area contributed by atoms with E-state index in [9.17, 15) is 14.7 Å². The van der Waals surface area contributed by atoms with Gasteiger partial charge in [-0.25, -0.2) is 4.79 Å². The summed E-state index contributed by atoms with van der Waals surface area (Å²) in [5.74, 6) is -0.632. The summed E-state index contributed by atoms with van der Waals surface area (Å²) >= 11 is 3.48. The predicted octanol–water partition coefficient (Wildman–Crippen LogP) is 4.14. The Balaban J connectivity index is 1.54. The van der Waals surface area contributed by atoms with E-state index < -0.39 is 11.5 Å². The fourth-order valence-electron chi connectivity index (χ4n) is 4.00. The lowest BCUT2D eigenvalue weighted by molar-refractivity contribution is 0.0694. The molecule has 4 rings (SSSR count). The number of rotatable bonds is 4. The normalized spacial score (nSPS) is 15.8. The highest BCUT2D eigenvalue weighted by Gasteiger charge is 2.22. The lowest BCUT2D eigenvalue weighted by atomic mass is 9.89. The number of benzene rings is 1. The molecule has 0 spiro atoms. The Morgan fingerprint density at radius 1 is 1.11 bits per heavy atom. The highest BCUT2D eigenvalue weighted by atomic mass is 79.9. The number of fused-ring (bicyclic) bond motifs is 1. The fraction of sp³-hybridized carbons (Fsp3) is 0.273. The first-order chi connectivity index (χ1) is 13.5. The molecule has 0 bridgehead atoms. The van der Waals surface area contributed by atoms with Crippen molar-refractivity contribution in [2.45, 2.75) is 25.3 Å². The highest BCUT2D eigenvalue weighted by Crippen LogP contribution is 2.29. The van der Waals surface area contributed by atoms with Crippen molar-refractivity contribution < 1.29 is 9.90 Å². The SMILES string of the molecule is O=C(O)c1cc(CN2CCC(c3ccc(Br)cc3)CC2)c2ccccn2c1=O. The van der Waals surface area contributed by atoms with Crippen LogP contribution in [-0.4, -0.2) is 33.5 Å². The van der Waals surface area contributed by atoms with Gasteiger partial charge in [0.05, 0.1) is 5.52 Å². The van der Waals surface area contributed by atoms with E-state index in [-0.39, 0.29) is 5.56 Å². The Hall–Kier alpha value is -2.44. The summed E-state index contributed by atoms with van der Waals surface area (Å²) < 4.78 is 2.53.